The molecular weight excluding hydrogens is 196 g/mol. The maximum Gasteiger partial charge on any atom is 0.187 e. The third-order valence-corrected chi connectivity index (χ3v) is 2.14. The van der Waals surface area contributed by atoms with Gasteiger partial charge in [0.05, 0.1) is 11.3 Å². The summed E-state index contributed by atoms with van der Waals surface area (Å²) >= 11 is 1.52. The first-order valence-corrected chi connectivity index (χ1v) is 5.36. The van der Waals surface area contributed by atoms with Crippen molar-refractivity contribution in [2.45, 2.75) is 12.1 Å². The van der Waals surface area contributed by atoms with Gasteiger partial charge in [-0.2, -0.15) is 0 Å². The van der Waals surface area contributed by atoms with Crippen LogP contribution in [0.4, 0.5) is 0 Å². The minimum atomic E-state index is 0.434. The van der Waals surface area contributed by atoms with E-state index in [1.54, 1.807) is 13.3 Å². The van der Waals surface area contributed by atoms with Crippen LogP contribution in [0.5, 0.6) is 0 Å². The zero-order valence-corrected chi connectivity index (χ0v) is 9.31. The molecule has 4 heteroatoms. The molecule has 0 N–H and O–H groups in total. The van der Waals surface area contributed by atoms with Crippen molar-refractivity contribution in [3.8, 4) is 11.8 Å². The van der Waals surface area contributed by atoms with Crippen molar-refractivity contribution >= 4 is 11.8 Å². The van der Waals surface area contributed by atoms with Crippen molar-refractivity contribution in [1.82, 2.24) is 9.97 Å². The Labute approximate surface area is 88.3 Å². The van der Waals surface area contributed by atoms with E-state index in [0.29, 0.717) is 6.61 Å². The van der Waals surface area contributed by atoms with E-state index in [0.717, 1.165) is 16.4 Å². The highest BCUT2D eigenvalue weighted by atomic mass is 32.2. The quantitative estimate of drug-likeness (QED) is 0.419. The first-order valence-electron chi connectivity index (χ1n) is 4.13. The monoisotopic (exact) mass is 208 g/mol. The lowest BCUT2D eigenvalue weighted by atomic mass is 10.2. The van der Waals surface area contributed by atoms with Crippen molar-refractivity contribution < 1.29 is 4.74 Å². The molecule has 0 amide bonds. The molecule has 74 valence electrons. The van der Waals surface area contributed by atoms with E-state index < -0.39 is 0 Å². The number of ether oxygens (including phenoxy) is 1. The number of methoxy groups -OCH3 is 1. The molecule has 1 heterocycles. The van der Waals surface area contributed by atoms with Crippen molar-refractivity contribution in [3.63, 3.8) is 0 Å². The third-order valence-electron chi connectivity index (χ3n) is 1.58. The second-order valence-electron chi connectivity index (χ2n) is 2.59. The second kappa shape index (κ2) is 5.63. The number of aryl methyl sites for hydroxylation is 1. The summed E-state index contributed by atoms with van der Waals surface area (Å²) in [5, 5.41) is 0.778. The van der Waals surface area contributed by atoms with E-state index >= 15 is 0 Å². The standard InChI is InChI=1S/C10H12N2OS/c1-8-9(5-4-6-13-2)7-11-10(12-8)14-3/h7H,6H2,1-3H3. The molecule has 0 aliphatic carbocycles. The zero-order valence-electron chi connectivity index (χ0n) is 8.50. The van der Waals surface area contributed by atoms with Gasteiger partial charge in [-0.3, -0.25) is 0 Å². The van der Waals surface area contributed by atoms with Crippen molar-refractivity contribution in [2.75, 3.05) is 20.0 Å². The summed E-state index contributed by atoms with van der Waals surface area (Å²) in [5.74, 6) is 5.83. The SMILES string of the molecule is COCC#Cc1cnc(SC)nc1C. The molecule has 0 saturated carbocycles. The minimum absolute atomic E-state index is 0.434. The Morgan fingerprint density at radius 1 is 1.57 bits per heavy atom. The summed E-state index contributed by atoms with van der Waals surface area (Å²) in [6, 6.07) is 0. The molecule has 0 fully saturated rings. The van der Waals surface area contributed by atoms with E-state index in [4.69, 9.17) is 4.74 Å². The molecule has 0 aliphatic rings. The maximum absolute atomic E-state index is 4.83. The van der Waals surface area contributed by atoms with Crippen LogP contribution in [-0.2, 0) is 4.74 Å². The van der Waals surface area contributed by atoms with Gasteiger partial charge < -0.3 is 4.74 Å². The van der Waals surface area contributed by atoms with Crippen LogP contribution in [0.15, 0.2) is 11.4 Å². The highest BCUT2D eigenvalue weighted by molar-refractivity contribution is 7.98. The van der Waals surface area contributed by atoms with E-state index in [-0.39, 0.29) is 0 Å². The Morgan fingerprint density at radius 2 is 2.36 bits per heavy atom. The van der Waals surface area contributed by atoms with Gasteiger partial charge in [0, 0.05) is 13.3 Å². The van der Waals surface area contributed by atoms with Crippen molar-refractivity contribution in [1.29, 1.82) is 0 Å². The fourth-order valence-corrected chi connectivity index (χ4v) is 1.26. The Balaban J connectivity index is 2.85. The first kappa shape index (κ1) is 11.0. The molecule has 1 aromatic heterocycles. The summed E-state index contributed by atoms with van der Waals surface area (Å²) in [7, 11) is 1.62. The molecule has 0 bridgehead atoms. The Kier molecular flexibility index (Phi) is 4.44. The second-order valence-corrected chi connectivity index (χ2v) is 3.36. The van der Waals surface area contributed by atoms with Gasteiger partial charge in [-0.1, -0.05) is 23.6 Å². The topological polar surface area (TPSA) is 35.0 Å². The van der Waals surface area contributed by atoms with Gasteiger partial charge in [0.15, 0.2) is 5.16 Å². The van der Waals surface area contributed by atoms with Crippen LogP contribution in [0.1, 0.15) is 11.3 Å². The smallest absolute Gasteiger partial charge is 0.187 e. The van der Waals surface area contributed by atoms with Crippen LogP contribution in [0.2, 0.25) is 0 Å². The van der Waals surface area contributed by atoms with Gasteiger partial charge in [-0.15, -0.1) is 0 Å². The highest BCUT2D eigenvalue weighted by Gasteiger charge is 1.98. The normalized spacial score (nSPS) is 9.36. The molecular formula is C10H12N2OS. The molecule has 14 heavy (non-hydrogen) atoms. The van der Waals surface area contributed by atoms with Crippen LogP contribution in [-0.4, -0.2) is 29.9 Å². The average Bonchev–Trinajstić information content (AvgIpc) is 2.20. The lowest BCUT2D eigenvalue weighted by Crippen LogP contribution is -1.93. The largest absolute Gasteiger partial charge is 0.372 e. The maximum atomic E-state index is 4.83. The predicted octanol–water partition coefficient (Wildman–Crippen LogP) is 1.50. The van der Waals surface area contributed by atoms with E-state index in [1.165, 1.54) is 11.8 Å². The molecule has 3 nitrogen and oxygen atoms in total. The van der Waals surface area contributed by atoms with Gasteiger partial charge in [0.2, 0.25) is 0 Å². The first-order chi connectivity index (χ1) is 6.77. The van der Waals surface area contributed by atoms with E-state index in [9.17, 15) is 0 Å². The number of hydrogen-bond acceptors (Lipinski definition) is 4. The molecule has 0 spiro atoms. The summed E-state index contributed by atoms with van der Waals surface area (Å²) in [4.78, 5) is 8.42. The summed E-state index contributed by atoms with van der Waals surface area (Å²) < 4.78 is 4.83. The number of rotatable bonds is 2. The molecule has 0 saturated heterocycles. The molecule has 0 unspecified atom stereocenters. The van der Waals surface area contributed by atoms with Crippen LogP contribution in [0, 0.1) is 18.8 Å². The third kappa shape index (κ3) is 3.02. The summed E-state index contributed by atoms with van der Waals surface area (Å²) in [6.45, 7) is 2.36. The fraction of sp³-hybridized carbons (Fsp3) is 0.400. The van der Waals surface area contributed by atoms with Crippen LogP contribution in [0.3, 0.4) is 0 Å². The predicted molar refractivity (Wildman–Crippen MR) is 57.3 cm³/mol. The Morgan fingerprint density at radius 3 is 2.93 bits per heavy atom. The van der Waals surface area contributed by atoms with Crippen LogP contribution < -0.4 is 0 Å². The molecule has 0 aliphatic heterocycles. The fourth-order valence-electron chi connectivity index (χ4n) is 0.870. The van der Waals surface area contributed by atoms with Gasteiger partial charge >= 0.3 is 0 Å². The van der Waals surface area contributed by atoms with E-state index in [2.05, 4.69) is 21.8 Å². The average molecular weight is 208 g/mol. The van der Waals surface area contributed by atoms with Gasteiger partial charge in [0.25, 0.3) is 0 Å². The number of nitrogens with zero attached hydrogens (tertiary/aromatic N) is 2. The number of thioether (sulfide) groups is 1. The van der Waals surface area contributed by atoms with Gasteiger partial charge in [0.1, 0.15) is 6.61 Å². The van der Waals surface area contributed by atoms with E-state index in [1.807, 2.05) is 13.2 Å². The van der Waals surface area contributed by atoms with Gasteiger partial charge in [-0.05, 0) is 13.2 Å². The number of hydrogen-bond donors (Lipinski definition) is 0. The van der Waals surface area contributed by atoms with Crippen molar-refractivity contribution in [2.24, 2.45) is 0 Å². The zero-order chi connectivity index (χ0) is 10.4. The molecule has 1 aromatic rings. The summed E-state index contributed by atoms with van der Waals surface area (Å²) in [5.41, 5.74) is 1.77. The lowest BCUT2D eigenvalue weighted by molar-refractivity contribution is 0.240. The molecule has 1 rings (SSSR count). The summed E-state index contributed by atoms with van der Waals surface area (Å²) in [6.07, 6.45) is 3.70. The molecule has 0 radical (unpaired) electrons. The number of aromatic nitrogens is 2. The van der Waals surface area contributed by atoms with Crippen LogP contribution in [0.25, 0.3) is 0 Å². The molecule has 0 aromatic carbocycles. The lowest BCUT2D eigenvalue weighted by Gasteiger charge is -1.98. The Hall–Kier alpha value is -1.05. The minimum Gasteiger partial charge on any atom is -0.372 e. The Bertz CT molecular complexity index is 368. The highest BCUT2D eigenvalue weighted by Crippen LogP contribution is 2.10. The van der Waals surface area contributed by atoms with Crippen LogP contribution >= 0.6 is 11.8 Å². The van der Waals surface area contributed by atoms with Gasteiger partial charge in [-0.25, -0.2) is 9.97 Å². The molecule has 0 atom stereocenters. The van der Waals surface area contributed by atoms with Crippen molar-refractivity contribution in [3.05, 3.63) is 17.5 Å².